The summed E-state index contributed by atoms with van der Waals surface area (Å²) in [5.41, 5.74) is 2.94. The standard InChI is InChI=1S/C22H22ClN3O2/c1-2-20(27)24-21(15-7-4-3-5-8-15)22(28)25-11-12-26-16(14-25)13-17-18(23)9-6-10-19(17)26/h3-10,13,21H,2,11-12,14H2,1H3,(H,24,27). The van der Waals surface area contributed by atoms with Crippen LogP contribution in [0.1, 0.15) is 30.6 Å². The molecule has 6 heteroatoms. The average molecular weight is 396 g/mol. The van der Waals surface area contributed by atoms with Crippen LogP contribution in [0.25, 0.3) is 10.9 Å². The summed E-state index contributed by atoms with van der Waals surface area (Å²) in [6, 6.07) is 16.7. The van der Waals surface area contributed by atoms with Gasteiger partial charge >= 0.3 is 0 Å². The van der Waals surface area contributed by atoms with E-state index in [9.17, 15) is 9.59 Å². The van der Waals surface area contributed by atoms with Gasteiger partial charge in [-0.3, -0.25) is 9.59 Å². The van der Waals surface area contributed by atoms with E-state index in [4.69, 9.17) is 11.6 Å². The molecule has 2 heterocycles. The van der Waals surface area contributed by atoms with E-state index in [2.05, 4.69) is 22.0 Å². The van der Waals surface area contributed by atoms with E-state index < -0.39 is 6.04 Å². The number of hydrogen-bond acceptors (Lipinski definition) is 2. The monoisotopic (exact) mass is 395 g/mol. The SMILES string of the molecule is CCC(=O)NC(C(=O)N1CCn2c(cc3c(Cl)cccc32)C1)c1ccccc1. The molecule has 0 fully saturated rings. The van der Waals surface area contributed by atoms with Gasteiger partial charge in [-0.05, 0) is 23.8 Å². The van der Waals surface area contributed by atoms with Crippen molar-refractivity contribution in [2.75, 3.05) is 6.54 Å². The van der Waals surface area contributed by atoms with Crippen LogP contribution in [0, 0.1) is 0 Å². The van der Waals surface area contributed by atoms with Gasteiger partial charge in [-0.25, -0.2) is 0 Å². The molecule has 1 atom stereocenters. The van der Waals surface area contributed by atoms with Gasteiger partial charge in [-0.2, -0.15) is 0 Å². The summed E-state index contributed by atoms with van der Waals surface area (Å²) in [6.07, 6.45) is 0.337. The van der Waals surface area contributed by atoms with Gasteiger partial charge in [-0.15, -0.1) is 0 Å². The Morgan fingerprint density at radius 3 is 2.64 bits per heavy atom. The predicted octanol–water partition coefficient (Wildman–Crippen LogP) is 3.90. The van der Waals surface area contributed by atoms with E-state index >= 15 is 0 Å². The highest BCUT2D eigenvalue weighted by molar-refractivity contribution is 6.35. The Bertz CT molecular complexity index is 1030. The number of nitrogens with zero attached hydrogens (tertiary/aromatic N) is 2. The van der Waals surface area contributed by atoms with Crippen molar-refractivity contribution in [2.24, 2.45) is 0 Å². The van der Waals surface area contributed by atoms with Gasteiger partial charge in [0.2, 0.25) is 11.8 Å². The fourth-order valence-electron chi connectivity index (χ4n) is 3.76. The summed E-state index contributed by atoms with van der Waals surface area (Å²) in [4.78, 5) is 27.2. The number of fused-ring (bicyclic) bond motifs is 3. The van der Waals surface area contributed by atoms with Crippen molar-refractivity contribution in [3.63, 3.8) is 0 Å². The van der Waals surface area contributed by atoms with Crippen molar-refractivity contribution in [3.8, 4) is 0 Å². The van der Waals surface area contributed by atoms with Crippen molar-refractivity contribution in [2.45, 2.75) is 32.5 Å². The molecule has 4 rings (SSSR count). The molecule has 0 aliphatic carbocycles. The zero-order valence-electron chi connectivity index (χ0n) is 15.7. The van der Waals surface area contributed by atoms with Gasteiger partial charge in [0.25, 0.3) is 0 Å². The van der Waals surface area contributed by atoms with E-state index in [0.717, 1.165) is 27.2 Å². The number of carbonyl (C=O) groups excluding carboxylic acids is 2. The molecule has 0 spiro atoms. The molecule has 1 aliphatic rings. The van der Waals surface area contributed by atoms with Gasteiger partial charge in [-0.1, -0.05) is 54.9 Å². The lowest BCUT2D eigenvalue weighted by molar-refractivity contribution is -0.137. The van der Waals surface area contributed by atoms with Crippen LogP contribution in [0.5, 0.6) is 0 Å². The maximum absolute atomic E-state index is 13.3. The highest BCUT2D eigenvalue weighted by atomic mass is 35.5. The minimum absolute atomic E-state index is 0.0874. The number of amides is 2. The molecule has 2 amide bonds. The lowest BCUT2D eigenvalue weighted by atomic mass is 10.0. The van der Waals surface area contributed by atoms with Gasteiger partial charge in [0.05, 0.1) is 6.54 Å². The van der Waals surface area contributed by atoms with Crippen LogP contribution in [0.4, 0.5) is 0 Å². The molecular weight excluding hydrogens is 374 g/mol. The van der Waals surface area contributed by atoms with Crippen molar-refractivity contribution >= 4 is 34.3 Å². The topological polar surface area (TPSA) is 54.3 Å². The average Bonchev–Trinajstić information content (AvgIpc) is 3.11. The van der Waals surface area contributed by atoms with E-state index in [1.54, 1.807) is 6.92 Å². The van der Waals surface area contributed by atoms with Crippen molar-refractivity contribution in [1.29, 1.82) is 0 Å². The lowest BCUT2D eigenvalue weighted by Gasteiger charge is -2.32. The Balaban J connectivity index is 1.63. The third-order valence-corrected chi connectivity index (χ3v) is 5.57. The number of benzene rings is 2. The molecule has 5 nitrogen and oxygen atoms in total. The molecule has 1 aromatic heterocycles. The number of aromatic nitrogens is 1. The Morgan fingerprint density at radius 2 is 1.89 bits per heavy atom. The second-order valence-electron chi connectivity index (χ2n) is 6.98. The predicted molar refractivity (Wildman–Crippen MR) is 110 cm³/mol. The molecule has 3 aromatic rings. The van der Waals surface area contributed by atoms with Gasteiger partial charge in [0.15, 0.2) is 0 Å². The summed E-state index contributed by atoms with van der Waals surface area (Å²) in [5, 5.41) is 4.61. The quantitative estimate of drug-likeness (QED) is 0.728. The van der Waals surface area contributed by atoms with E-state index in [-0.39, 0.29) is 11.8 Å². The van der Waals surface area contributed by atoms with Crippen LogP contribution >= 0.6 is 11.6 Å². The first-order chi connectivity index (χ1) is 13.6. The van der Waals surface area contributed by atoms with Crippen LogP contribution in [-0.4, -0.2) is 27.8 Å². The molecule has 144 valence electrons. The van der Waals surface area contributed by atoms with Gasteiger partial charge in [0.1, 0.15) is 6.04 Å². The first-order valence-electron chi connectivity index (χ1n) is 9.48. The zero-order valence-corrected chi connectivity index (χ0v) is 16.4. The van der Waals surface area contributed by atoms with Crippen LogP contribution in [0.3, 0.4) is 0 Å². The molecular formula is C22H22ClN3O2. The second-order valence-corrected chi connectivity index (χ2v) is 7.39. The molecule has 0 radical (unpaired) electrons. The molecule has 2 aromatic carbocycles. The Labute approximate surface area is 168 Å². The molecule has 0 bridgehead atoms. The summed E-state index contributed by atoms with van der Waals surface area (Å²) in [7, 11) is 0. The molecule has 1 N–H and O–H groups in total. The van der Waals surface area contributed by atoms with Crippen LogP contribution < -0.4 is 5.32 Å². The first kappa shape index (κ1) is 18.6. The molecule has 1 unspecified atom stereocenters. The largest absolute Gasteiger partial charge is 0.341 e. The first-order valence-corrected chi connectivity index (χ1v) is 9.86. The van der Waals surface area contributed by atoms with Crippen LogP contribution in [0.15, 0.2) is 54.6 Å². The zero-order chi connectivity index (χ0) is 19.7. The van der Waals surface area contributed by atoms with E-state index in [1.807, 2.05) is 47.4 Å². The van der Waals surface area contributed by atoms with Crippen LogP contribution in [-0.2, 0) is 22.7 Å². The van der Waals surface area contributed by atoms with E-state index in [0.29, 0.717) is 26.1 Å². The number of halogens is 1. The number of rotatable bonds is 4. The third kappa shape index (κ3) is 3.38. The number of carbonyl (C=O) groups is 2. The summed E-state index contributed by atoms with van der Waals surface area (Å²) >= 11 is 6.34. The summed E-state index contributed by atoms with van der Waals surface area (Å²) in [5.74, 6) is -0.226. The lowest BCUT2D eigenvalue weighted by Crippen LogP contribution is -2.45. The summed E-state index contributed by atoms with van der Waals surface area (Å²) in [6.45, 7) is 3.57. The highest BCUT2D eigenvalue weighted by Crippen LogP contribution is 2.30. The molecule has 0 saturated carbocycles. The third-order valence-electron chi connectivity index (χ3n) is 5.24. The molecule has 28 heavy (non-hydrogen) atoms. The minimum atomic E-state index is -0.673. The van der Waals surface area contributed by atoms with Crippen molar-refractivity contribution < 1.29 is 9.59 Å². The van der Waals surface area contributed by atoms with Crippen molar-refractivity contribution in [1.82, 2.24) is 14.8 Å². The molecule has 1 aliphatic heterocycles. The van der Waals surface area contributed by atoms with E-state index in [1.165, 1.54) is 0 Å². The second kappa shape index (κ2) is 7.68. The van der Waals surface area contributed by atoms with Crippen molar-refractivity contribution in [3.05, 3.63) is 70.9 Å². The number of hydrogen-bond donors (Lipinski definition) is 1. The number of nitrogens with one attached hydrogen (secondary N) is 1. The fraction of sp³-hybridized carbons (Fsp3) is 0.273. The highest BCUT2D eigenvalue weighted by Gasteiger charge is 2.30. The summed E-state index contributed by atoms with van der Waals surface area (Å²) < 4.78 is 2.22. The maximum Gasteiger partial charge on any atom is 0.250 e. The Hall–Kier alpha value is -2.79. The maximum atomic E-state index is 13.3. The fourth-order valence-corrected chi connectivity index (χ4v) is 3.98. The van der Waals surface area contributed by atoms with Crippen LogP contribution in [0.2, 0.25) is 5.02 Å². The van der Waals surface area contributed by atoms with Gasteiger partial charge in [0, 0.05) is 41.1 Å². The normalized spacial score (nSPS) is 14.6. The molecule has 0 saturated heterocycles. The Morgan fingerprint density at radius 1 is 1.11 bits per heavy atom. The minimum Gasteiger partial charge on any atom is -0.341 e. The van der Waals surface area contributed by atoms with Gasteiger partial charge < -0.3 is 14.8 Å². The smallest absolute Gasteiger partial charge is 0.250 e. The Kier molecular flexibility index (Phi) is 5.09.